The number of aryl methyl sites for hydroxylation is 1. The number of nitrogens with one attached hydrogen (secondary N) is 2. The Bertz CT molecular complexity index is 346. The molecule has 1 amide bonds. The van der Waals surface area contributed by atoms with Crippen LogP contribution >= 0.6 is 0 Å². The highest BCUT2D eigenvalue weighted by molar-refractivity contribution is 5.89. The Morgan fingerprint density at radius 2 is 2.29 bits per heavy atom. The Labute approximate surface area is 103 Å². The fraction of sp³-hybridized carbons (Fsp3) is 0.667. The first-order valence-corrected chi connectivity index (χ1v) is 6.18. The minimum absolute atomic E-state index is 0.0249. The summed E-state index contributed by atoms with van der Waals surface area (Å²) >= 11 is 0. The van der Waals surface area contributed by atoms with Crippen LogP contribution in [0.25, 0.3) is 0 Å². The highest BCUT2D eigenvalue weighted by atomic mass is 16.1. The molecule has 0 aliphatic heterocycles. The minimum atomic E-state index is 0.0249. The highest BCUT2D eigenvalue weighted by Gasteiger charge is 2.04. The molecule has 0 saturated carbocycles. The van der Waals surface area contributed by atoms with E-state index in [0.717, 1.165) is 19.5 Å². The van der Waals surface area contributed by atoms with Gasteiger partial charge in [0, 0.05) is 31.3 Å². The molecule has 17 heavy (non-hydrogen) atoms. The monoisotopic (exact) mass is 238 g/mol. The first kappa shape index (κ1) is 13.7. The van der Waals surface area contributed by atoms with E-state index in [4.69, 9.17) is 0 Å². The molecule has 96 valence electrons. The lowest BCUT2D eigenvalue weighted by Crippen LogP contribution is -2.24. The molecule has 5 nitrogen and oxygen atoms in total. The third-order valence-electron chi connectivity index (χ3n) is 2.37. The minimum Gasteiger partial charge on any atom is -0.315 e. The molecule has 0 aliphatic rings. The number of amides is 1. The van der Waals surface area contributed by atoms with Crippen molar-refractivity contribution in [3.8, 4) is 0 Å². The Morgan fingerprint density at radius 1 is 1.53 bits per heavy atom. The molecule has 0 aliphatic carbocycles. The summed E-state index contributed by atoms with van der Waals surface area (Å²) in [4.78, 5) is 11.6. The maximum atomic E-state index is 11.6. The summed E-state index contributed by atoms with van der Waals surface area (Å²) in [5.74, 6) is 0.658. The van der Waals surface area contributed by atoms with Gasteiger partial charge in [0.15, 0.2) is 5.82 Å². The molecule has 0 fully saturated rings. The smallest absolute Gasteiger partial charge is 0.225 e. The van der Waals surface area contributed by atoms with Crippen LogP contribution in [0.1, 0.15) is 33.6 Å². The standard InChI is InChI=1S/C12H22N4O/c1-4-16-9-7-11(15-16)14-12(17)6-5-8-13-10(2)3/h7,9-10,13H,4-6,8H2,1-3H3,(H,14,15,17). The molecule has 1 aromatic heterocycles. The van der Waals surface area contributed by atoms with Crippen molar-refractivity contribution < 1.29 is 4.79 Å². The quantitative estimate of drug-likeness (QED) is 0.710. The molecule has 1 heterocycles. The largest absolute Gasteiger partial charge is 0.315 e. The van der Waals surface area contributed by atoms with Crippen LogP contribution in [0.4, 0.5) is 5.82 Å². The summed E-state index contributed by atoms with van der Waals surface area (Å²) in [6, 6.07) is 2.28. The molecular formula is C12H22N4O. The highest BCUT2D eigenvalue weighted by Crippen LogP contribution is 2.03. The lowest BCUT2D eigenvalue weighted by atomic mass is 10.2. The number of rotatable bonds is 7. The summed E-state index contributed by atoms with van der Waals surface area (Å²) in [5, 5.41) is 10.3. The second-order valence-electron chi connectivity index (χ2n) is 4.32. The van der Waals surface area contributed by atoms with E-state index in [-0.39, 0.29) is 5.91 Å². The number of hydrogen-bond donors (Lipinski definition) is 2. The van der Waals surface area contributed by atoms with Crippen molar-refractivity contribution >= 4 is 11.7 Å². The first-order valence-electron chi connectivity index (χ1n) is 6.18. The van der Waals surface area contributed by atoms with E-state index in [2.05, 4.69) is 29.6 Å². The summed E-state index contributed by atoms with van der Waals surface area (Å²) in [5.41, 5.74) is 0. The first-order chi connectivity index (χ1) is 8.11. The van der Waals surface area contributed by atoms with Gasteiger partial charge in [-0.15, -0.1) is 0 Å². The second-order valence-corrected chi connectivity index (χ2v) is 4.32. The van der Waals surface area contributed by atoms with E-state index < -0.39 is 0 Å². The Morgan fingerprint density at radius 3 is 2.88 bits per heavy atom. The SMILES string of the molecule is CCn1ccc(NC(=O)CCCNC(C)C)n1. The maximum Gasteiger partial charge on any atom is 0.225 e. The molecule has 0 unspecified atom stereocenters. The molecule has 0 aromatic carbocycles. The van der Waals surface area contributed by atoms with Crippen molar-refractivity contribution in [3.05, 3.63) is 12.3 Å². The lowest BCUT2D eigenvalue weighted by Gasteiger charge is -2.07. The number of hydrogen-bond acceptors (Lipinski definition) is 3. The van der Waals surface area contributed by atoms with Crippen molar-refractivity contribution in [1.29, 1.82) is 0 Å². The number of aromatic nitrogens is 2. The Balaban J connectivity index is 2.20. The van der Waals surface area contributed by atoms with Gasteiger partial charge in [-0.05, 0) is 19.9 Å². The maximum absolute atomic E-state index is 11.6. The van der Waals surface area contributed by atoms with Gasteiger partial charge in [-0.1, -0.05) is 13.8 Å². The molecule has 1 rings (SSSR count). The topological polar surface area (TPSA) is 59.0 Å². The normalized spacial score (nSPS) is 10.8. The summed E-state index contributed by atoms with van der Waals surface area (Å²) < 4.78 is 1.79. The van der Waals surface area contributed by atoms with E-state index >= 15 is 0 Å². The summed E-state index contributed by atoms with van der Waals surface area (Å²) in [7, 11) is 0. The van der Waals surface area contributed by atoms with Crippen LogP contribution in [0.3, 0.4) is 0 Å². The molecule has 5 heteroatoms. The van der Waals surface area contributed by atoms with Crippen LogP contribution < -0.4 is 10.6 Å². The fourth-order valence-corrected chi connectivity index (χ4v) is 1.45. The number of nitrogens with zero attached hydrogens (tertiary/aromatic N) is 2. The molecular weight excluding hydrogens is 216 g/mol. The van der Waals surface area contributed by atoms with Gasteiger partial charge in [-0.2, -0.15) is 5.10 Å². The van der Waals surface area contributed by atoms with Crippen LogP contribution in [0.15, 0.2) is 12.3 Å². The molecule has 0 spiro atoms. The van der Waals surface area contributed by atoms with E-state index in [1.807, 2.05) is 19.2 Å². The van der Waals surface area contributed by atoms with Gasteiger partial charge in [0.25, 0.3) is 0 Å². The van der Waals surface area contributed by atoms with E-state index in [9.17, 15) is 4.79 Å². The number of carbonyl (C=O) groups excluding carboxylic acids is 1. The van der Waals surface area contributed by atoms with Gasteiger partial charge in [0.1, 0.15) is 0 Å². The Kier molecular flexibility index (Phi) is 5.69. The zero-order chi connectivity index (χ0) is 12.7. The average Bonchev–Trinajstić information content (AvgIpc) is 2.72. The van der Waals surface area contributed by atoms with Crippen LogP contribution in [-0.4, -0.2) is 28.3 Å². The zero-order valence-electron chi connectivity index (χ0n) is 10.9. The third kappa shape index (κ3) is 5.49. The van der Waals surface area contributed by atoms with E-state index in [1.165, 1.54) is 0 Å². The third-order valence-corrected chi connectivity index (χ3v) is 2.37. The van der Waals surface area contributed by atoms with Crippen LogP contribution in [0.2, 0.25) is 0 Å². The van der Waals surface area contributed by atoms with Gasteiger partial charge in [-0.25, -0.2) is 0 Å². The molecule has 0 saturated heterocycles. The molecule has 2 N–H and O–H groups in total. The van der Waals surface area contributed by atoms with Crippen molar-refractivity contribution in [2.45, 2.75) is 46.2 Å². The fourth-order valence-electron chi connectivity index (χ4n) is 1.45. The van der Waals surface area contributed by atoms with E-state index in [0.29, 0.717) is 18.3 Å². The average molecular weight is 238 g/mol. The molecule has 0 atom stereocenters. The van der Waals surface area contributed by atoms with Crippen molar-refractivity contribution in [3.63, 3.8) is 0 Å². The predicted octanol–water partition coefficient (Wildman–Crippen LogP) is 1.62. The van der Waals surface area contributed by atoms with Crippen molar-refractivity contribution in [2.75, 3.05) is 11.9 Å². The lowest BCUT2D eigenvalue weighted by molar-refractivity contribution is -0.116. The molecule has 1 aromatic rings. The van der Waals surface area contributed by atoms with Gasteiger partial charge < -0.3 is 10.6 Å². The molecule has 0 bridgehead atoms. The van der Waals surface area contributed by atoms with Gasteiger partial charge in [0.2, 0.25) is 5.91 Å². The van der Waals surface area contributed by atoms with Crippen molar-refractivity contribution in [2.24, 2.45) is 0 Å². The predicted molar refractivity (Wildman–Crippen MR) is 68.9 cm³/mol. The molecule has 0 radical (unpaired) electrons. The van der Waals surface area contributed by atoms with Crippen LogP contribution in [0.5, 0.6) is 0 Å². The van der Waals surface area contributed by atoms with Crippen LogP contribution in [0, 0.1) is 0 Å². The second kappa shape index (κ2) is 7.06. The zero-order valence-corrected chi connectivity index (χ0v) is 10.9. The van der Waals surface area contributed by atoms with Gasteiger partial charge in [-0.3, -0.25) is 9.48 Å². The summed E-state index contributed by atoms with van der Waals surface area (Å²) in [6.45, 7) is 7.88. The number of anilines is 1. The van der Waals surface area contributed by atoms with Gasteiger partial charge >= 0.3 is 0 Å². The Hall–Kier alpha value is -1.36. The van der Waals surface area contributed by atoms with Crippen LogP contribution in [-0.2, 0) is 11.3 Å². The van der Waals surface area contributed by atoms with Crippen molar-refractivity contribution in [1.82, 2.24) is 15.1 Å². The van der Waals surface area contributed by atoms with Gasteiger partial charge in [0.05, 0.1) is 0 Å². The number of carbonyl (C=O) groups is 1. The summed E-state index contributed by atoms with van der Waals surface area (Å²) in [6.07, 6.45) is 3.23. The van der Waals surface area contributed by atoms with E-state index in [1.54, 1.807) is 4.68 Å².